The van der Waals surface area contributed by atoms with E-state index in [-0.39, 0.29) is 0 Å². The van der Waals surface area contributed by atoms with Gasteiger partial charge in [-0.25, -0.2) is 0 Å². The number of benzene rings is 1. The van der Waals surface area contributed by atoms with Gasteiger partial charge in [0.05, 0.1) is 5.69 Å². The Morgan fingerprint density at radius 3 is 2.44 bits per heavy atom. The highest BCUT2D eigenvalue weighted by Crippen LogP contribution is 2.30. The average Bonchev–Trinajstić information content (AvgIpc) is 2.26. The standard InChI is InChI=1S/C12H16BrF3N2/c1-2-5-18(8-12(14,15)16)11-4-3-9(7-17)6-10(11)13/h3-4,6H,2,5,7-8,17H2,1H3. The molecule has 102 valence electrons. The van der Waals surface area contributed by atoms with Gasteiger partial charge >= 0.3 is 6.18 Å². The molecule has 2 N–H and O–H groups in total. The zero-order chi connectivity index (χ0) is 13.8. The number of rotatable bonds is 5. The fraction of sp³-hybridized carbons (Fsp3) is 0.500. The van der Waals surface area contributed by atoms with E-state index in [2.05, 4.69) is 15.9 Å². The summed E-state index contributed by atoms with van der Waals surface area (Å²) in [7, 11) is 0. The van der Waals surface area contributed by atoms with Gasteiger partial charge in [-0.2, -0.15) is 13.2 Å². The predicted octanol–water partition coefficient (Wildman–Crippen LogP) is 3.69. The highest BCUT2D eigenvalue weighted by Gasteiger charge is 2.31. The van der Waals surface area contributed by atoms with Crippen LogP contribution in [0.5, 0.6) is 0 Å². The molecule has 0 aliphatic heterocycles. The Hall–Kier alpha value is -0.750. The van der Waals surface area contributed by atoms with Crippen LogP contribution in [-0.4, -0.2) is 19.3 Å². The maximum absolute atomic E-state index is 12.5. The minimum Gasteiger partial charge on any atom is -0.362 e. The highest BCUT2D eigenvalue weighted by molar-refractivity contribution is 9.10. The molecule has 18 heavy (non-hydrogen) atoms. The van der Waals surface area contributed by atoms with E-state index in [1.54, 1.807) is 18.2 Å². The molecule has 0 fully saturated rings. The number of halogens is 4. The number of hydrogen-bond acceptors (Lipinski definition) is 2. The zero-order valence-corrected chi connectivity index (χ0v) is 11.7. The first-order valence-electron chi connectivity index (χ1n) is 5.67. The Bertz CT molecular complexity index is 393. The molecule has 0 saturated carbocycles. The second-order valence-corrected chi connectivity index (χ2v) is 4.88. The van der Waals surface area contributed by atoms with Crippen molar-refractivity contribution >= 4 is 21.6 Å². The van der Waals surface area contributed by atoms with Crippen LogP contribution in [0.15, 0.2) is 22.7 Å². The molecule has 2 nitrogen and oxygen atoms in total. The van der Waals surface area contributed by atoms with Gasteiger partial charge in [-0.3, -0.25) is 0 Å². The molecule has 0 unspecified atom stereocenters. The first kappa shape index (κ1) is 15.3. The van der Waals surface area contributed by atoms with Crippen molar-refractivity contribution in [2.24, 2.45) is 5.73 Å². The van der Waals surface area contributed by atoms with Gasteiger partial charge in [0.1, 0.15) is 6.54 Å². The Morgan fingerprint density at radius 2 is 2.00 bits per heavy atom. The molecule has 0 aromatic heterocycles. The van der Waals surface area contributed by atoms with E-state index in [0.29, 0.717) is 29.7 Å². The van der Waals surface area contributed by atoms with Crippen LogP contribution >= 0.6 is 15.9 Å². The summed E-state index contributed by atoms with van der Waals surface area (Å²) in [6, 6.07) is 5.18. The number of nitrogens with zero attached hydrogens (tertiary/aromatic N) is 1. The van der Waals surface area contributed by atoms with E-state index < -0.39 is 12.7 Å². The topological polar surface area (TPSA) is 29.3 Å². The third-order valence-electron chi connectivity index (χ3n) is 2.45. The number of nitrogens with two attached hydrogens (primary N) is 1. The molecule has 1 rings (SSSR count). The van der Waals surface area contributed by atoms with Crippen LogP contribution in [0.2, 0.25) is 0 Å². The molecule has 0 aliphatic carbocycles. The van der Waals surface area contributed by atoms with Crippen LogP contribution < -0.4 is 10.6 Å². The third-order valence-corrected chi connectivity index (χ3v) is 3.09. The van der Waals surface area contributed by atoms with Crippen LogP contribution in [0.1, 0.15) is 18.9 Å². The number of anilines is 1. The number of alkyl halides is 3. The van der Waals surface area contributed by atoms with Crippen molar-refractivity contribution in [3.05, 3.63) is 28.2 Å². The summed E-state index contributed by atoms with van der Waals surface area (Å²) in [5.74, 6) is 0. The second kappa shape index (κ2) is 6.43. The van der Waals surface area contributed by atoms with Gasteiger partial charge in [-0.05, 0) is 40.0 Å². The van der Waals surface area contributed by atoms with Gasteiger partial charge in [-0.15, -0.1) is 0 Å². The molecular weight excluding hydrogens is 309 g/mol. The molecule has 0 aliphatic rings. The van der Waals surface area contributed by atoms with Gasteiger partial charge in [0, 0.05) is 17.6 Å². The molecule has 6 heteroatoms. The van der Waals surface area contributed by atoms with Crippen molar-refractivity contribution in [2.75, 3.05) is 18.0 Å². The quantitative estimate of drug-likeness (QED) is 0.895. The van der Waals surface area contributed by atoms with E-state index in [0.717, 1.165) is 5.56 Å². The summed E-state index contributed by atoms with van der Waals surface area (Å²) in [4.78, 5) is 1.32. The summed E-state index contributed by atoms with van der Waals surface area (Å²) in [5, 5.41) is 0. The lowest BCUT2D eigenvalue weighted by atomic mass is 10.2. The van der Waals surface area contributed by atoms with Crippen molar-refractivity contribution < 1.29 is 13.2 Å². The largest absolute Gasteiger partial charge is 0.405 e. The molecule has 1 aromatic carbocycles. The van der Waals surface area contributed by atoms with Gasteiger partial charge in [0.2, 0.25) is 0 Å². The minimum absolute atomic E-state index is 0.361. The molecule has 0 heterocycles. The molecule has 1 aromatic rings. The average molecular weight is 325 g/mol. The molecule has 0 spiro atoms. The lowest BCUT2D eigenvalue weighted by Gasteiger charge is -2.26. The van der Waals surface area contributed by atoms with Crippen molar-refractivity contribution in [1.82, 2.24) is 0 Å². The summed E-state index contributed by atoms with van der Waals surface area (Å²) in [6.45, 7) is 1.64. The normalized spacial score (nSPS) is 11.7. The summed E-state index contributed by atoms with van der Waals surface area (Å²) in [5.41, 5.74) is 6.92. The van der Waals surface area contributed by atoms with E-state index in [9.17, 15) is 13.2 Å². The van der Waals surface area contributed by atoms with Gasteiger partial charge < -0.3 is 10.6 Å². The monoisotopic (exact) mass is 324 g/mol. The van der Waals surface area contributed by atoms with Gasteiger partial charge in [-0.1, -0.05) is 13.0 Å². The van der Waals surface area contributed by atoms with E-state index in [1.165, 1.54) is 4.90 Å². The van der Waals surface area contributed by atoms with Crippen molar-refractivity contribution in [3.8, 4) is 0 Å². The minimum atomic E-state index is -4.21. The van der Waals surface area contributed by atoms with E-state index in [4.69, 9.17) is 5.73 Å². The zero-order valence-electron chi connectivity index (χ0n) is 10.1. The van der Waals surface area contributed by atoms with Crippen molar-refractivity contribution in [1.29, 1.82) is 0 Å². The van der Waals surface area contributed by atoms with Crippen molar-refractivity contribution in [3.63, 3.8) is 0 Å². The van der Waals surface area contributed by atoms with E-state index in [1.807, 2.05) is 6.92 Å². The second-order valence-electron chi connectivity index (χ2n) is 4.03. The molecule has 0 atom stereocenters. The summed E-state index contributed by atoms with van der Waals surface area (Å²) >= 11 is 3.30. The lowest BCUT2D eigenvalue weighted by Crippen LogP contribution is -2.35. The maximum atomic E-state index is 12.5. The Balaban J connectivity index is 2.98. The number of hydrogen-bond donors (Lipinski definition) is 1. The first-order valence-corrected chi connectivity index (χ1v) is 6.47. The Morgan fingerprint density at radius 1 is 1.33 bits per heavy atom. The van der Waals surface area contributed by atoms with Gasteiger partial charge in [0.15, 0.2) is 0 Å². The summed E-state index contributed by atoms with van der Waals surface area (Å²) in [6.07, 6.45) is -3.55. The summed E-state index contributed by atoms with van der Waals surface area (Å²) < 4.78 is 38.2. The lowest BCUT2D eigenvalue weighted by molar-refractivity contribution is -0.119. The van der Waals surface area contributed by atoms with Gasteiger partial charge in [0.25, 0.3) is 0 Å². The first-order chi connectivity index (χ1) is 8.37. The predicted molar refractivity (Wildman–Crippen MR) is 70.6 cm³/mol. The molecule has 0 amide bonds. The smallest absolute Gasteiger partial charge is 0.362 e. The van der Waals surface area contributed by atoms with Crippen LogP contribution in [0, 0.1) is 0 Å². The maximum Gasteiger partial charge on any atom is 0.405 e. The Labute approximate surface area is 113 Å². The third kappa shape index (κ3) is 4.49. The molecule has 0 radical (unpaired) electrons. The van der Waals surface area contributed by atoms with Crippen LogP contribution in [0.4, 0.5) is 18.9 Å². The molecule has 0 bridgehead atoms. The fourth-order valence-corrected chi connectivity index (χ4v) is 2.38. The van der Waals surface area contributed by atoms with Crippen LogP contribution in [-0.2, 0) is 6.54 Å². The highest BCUT2D eigenvalue weighted by atomic mass is 79.9. The van der Waals surface area contributed by atoms with Crippen LogP contribution in [0.25, 0.3) is 0 Å². The molecule has 0 saturated heterocycles. The van der Waals surface area contributed by atoms with Crippen molar-refractivity contribution in [2.45, 2.75) is 26.1 Å². The molecular formula is C12H16BrF3N2. The Kier molecular flexibility index (Phi) is 5.47. The fourth-order valence-electron chi connectivity index (χ4n) is 1.70. The van der Waals surface area contributed by atoms with E-state index >= 15 is 0 Å². The van der Waals surface area contributed by atoms with Crippen LogP contribution in [0.3, 0.4) is 0 Å². The SMILES string of the molecule is CCCN(CC(F)(F)F)c1ccc(CN)cc1Br.